The van der Waals surface area contributed by atoms with Gasteiger partial charge in [-0.05, 0) is 18.2 Å². The summed E-state index contributed by atoms with van der Waals surface area (Å²) < 4.78 is 1.59. The molecule has 0 aliphatic carbocycles. The summed E-state index contributed by atoms with van der Waals surface area (Å²) in [6.07, 6.45) is 0. The SMILES string of the molecule is COn1c2ccccc2c(=O)c2cc(C#N)sc21. The summed E-state index contributed by atoms with van der Waals surface area (Å²) in [6, 6.07) is 10.9. The standard InChI is InChI=1S/C13H8N2O2S/c1-17-15-11-5-3-2-4-9(11)12(16)10-6-8(7-14)18-13(10)15/h2-6H,1H3. The molecular formula is C13H8N2O2S. The summed E-state index contributed by atoms with van der Waals surface area (Å²) in [7, 11) is 1.54. The topological polar surface area (TPSA) is 55.0 Å². The van der Waals surface area contributed by atoms with E-state index in [0.717, 1.165) is 0 Å². The molecule has 0 aliphatic rings. The van der Waals surface area contributed by atoms with Crippen LogP contribution in [0.2, 0.25) is 0 Å². The van der Waals surface area contributed by atoms with E-state index in [1.165, 1.54) is 11.3 Å². The highest BCUT2D eigenvalue weighted by molar-refractivity contribution is 7.19. The van der Waals surface area contributed by atoms with Crippen LogP contribution in [0.25, 0.3) is 21.1 Å². The lowest BCUT2D eigenvalue weighted by atomic mass is 10.2. The minimum atomic E-state index is -0.0633. The molecule has 0 saturated heterocycles. The highest BCUT2D eigenvalue weighted by Gasteiger charge is 2.14. The Bertz CT molecular complexity index is 855. The molecule has 0 bridgehead atoms. The second-order valence-corrected chi connectivity index (χ2v) is 4.80. The number of rotatable bonds is 1. The summed E-state index contributed by atoms with van der Waals surface area (Å²) >= 11 is 1.25. The van der Waals surface area contributed by atoms with Gasteiger partial charge >= 0.3 is 0 Å². The maximum Gasteiger partial charge on any atom is 0.198 e. The van der Waals surface area contributed by atoms with Crippen molar-refractivity contribution in [3.05, 3.63) is 45.4 Å². The molecular weight excluding hydrogens is 248 g/mol. The van der Waals surface area contributed by atoms with E-state index in [0.29, 0.717) is 26.0 Å². The zero-order valence-corrected chi connectivity index (χ0v) is 10.3. The van der Waals surface area contributed by atoms with Crippen molar-refractivity contribution < 1.29 is 4.84 Å². The van der Waals surface area contributed by atoms with Crippen molar-refractivity contribution in [3.8, 4) is 6.07 Å². The summed E-state index contributed by atoms with van der Waals surface area (Å²) in [5.74, 6) is 0. The average molecular weight is 256 g/mol. The first-order valence-corrected chi connectivity index (χ1v) is 6.10. The minimum absolute atomic E-state index is 0.0633. The molecule has 3 aromatic rings. The molecule has 0 radical (unpaired) electrons. The molecule has 0 spiro atoms. The van der Waals surface area contributed by atoms with Gasteiger partial charge in [0.2, 0.25) is 0 Å². The number of fused-ring (bicyclic) bond motifs is 2. The molecule has 0 saturated carbocycles. The quantitative estimate of drug-likeness (QED) is 0.670. The third-order valence-electron chi connectivity index (χ3n) is 2.80. The van der Waals surface area contributed by atoms with Crippen LogP contribution in [0.4, 0.5) is 0 Å². The molecule has 2 heterocycles. The van der Waals surface area contributed by atoms with Crippen molar-refractivity contribution in [2.45, 2.75) is 0 Å². The van der Waals surface area contributed by atoms with E-state index in [1.807, 2.05) is 18.2 Å². The van der Waals surface area contributed by atoms with Gasteiger partial charge in [-0.15, -0.1) is 11.3 Å². The maximum atomic E-state index is 12.3. The number of nitriles is 1. The van der Waals surface area contributed by atoms with Crippen molar-refractivity contribution in [1.29, 1.82) is 5.26 Å². The first kappa shape index (κ1) is 10.8. The largest absolute Gasteiger partial charge is 0.416 e. The number of nitrogens with zero attached hydrogens (tertiary/aromatic N) is 2. The third kappa shape index (κ3) is 1.33. The number of benzene rings is 1. The Balaban J connectivity index is 2.64. The smallest absolute Gasteiger partial charge is 0.198 e. The van der Waals surface area contributed by atoms with Crippen LogP contribution in [-0.4, -0.2) is 11.8 Å². The van der Waals surface area contributed by atoms with Crippen molar-refractivity contribution in [1.82, 2.24) is 4.73 Å². The molecule has 0 N–H and O–H groups in total. The summed E-state index contributed by atoms with van der Waals surface area (Å²) in [5, 5.41) is 10.1. The van der Waals surface area contributed by atoms with Gasteiger partial charge in [0.1, 0.15) is 22.9 Å². The molecule has 0 amide bonds. The van der Waals surface area contributed by atoms with Gasteiger partial charge in [-0.3, -0.25) is 4.79 Å². The van der Waals surface area contributed by atoms with Crippen LogP contribution in [0, 0.1) is 11.3 Å². The van der Waals surface area contributed by atoms with Crippen LogP contribution in [0.5, 0.6) is 0 Å². The number of hydrogen-bond acceptors (Lipinski definition) is 4. The predicted molar refractivity (Wildman–Crippen MR) is 70.8 cm³/mol. The van der Waals surface area contributed by atoms with Crippen molar-refractivity contribution in [3.63, 3.8) is 0 Å². The lowest BCUT2D eigenvalue weighted by Gasteiger charge is -2.09. The Labute approximate surface area is 106 Å². The fraction of sp³-hybridized carbons (Fsp3) is 0.0769. The molecule has 4 nitrogen and oxygen atoms in total. The van der Waals surface area contributed by atoms with Crippen LogP contribution < -0.4 is 10.3 Å². The van der Waals surface area contributed by atoms with Crippen LogP contribution in [0.1, 0.15) is 4.88 Å². The first-order chi connectivity index (χ1) is 8.76. The van der Waals surface area contributed by atoms with Gasteiger partial charge < -0.3 is 4.84 Å². The molecule has 2 aromatic heterocycles. The monoisotopic (exact) mass is 256 g/mol. The van der Waals surface area contributed by atoms with E-state index in [4.69, 9.17) is 10.1 Å². The molecule has 3 rings (SSSR count). The molecule has 1 aromatic carbocycles. The number of thiophene rings is 1. The predicted octanol–water partition coefficient (Wildman–Crippen LogP) is 2.15. The van der Waals surface area contributed by atoms with Crippen LogP contribution >= 0.6 is 11.3 Å². The Morgan fingerprint density at radius 3 is 2.83 bits per heavy atom. The van der Waals surface area contributed by atoms with Crippen LogP contribution in [0.3, 0.4) is 0 Å². The summed E-state index contributed by atoms with van der Waals surface area (Å²) in [4.78, 5) is 18.8. The van der Waals surface area contributed by atoms with E-state index in [-0.39, 0.29) is 5.43 Å². The minimum Gasteiger partial charge on any atom is -0.416 e. The van der Waals surface area contributed by atoms with E-state index in [1.54, 1.807) is 24.0 Å². The Morgan fingerprint density at radius 2 is 2.11 bits per heavy atom. The number of aromatic nitrogens is 1. The van der Waals surface area contributed by atoms with E-state index < -0.39 is 0 Å². The molecule has 18 heavy (non-hydrogen) atoms. The molecule has 88 valence electrons. The normalized spacial score (nSPS) is 10.7. The molecule has 0 atom stereocenters. The summed E-state index contributed by atoms with van der Waals surface area (Å²) in [6.45, 7) is 0. The van der Waals surface area contributed by atoms with E-state index in [9.17, 15) is 4.79 Å². The van der Waals surface area contributed by atoms with Crippen LogP contribution in [0.15, 0.2) is 35.1 Å². The Morgan fingerprint density at radius 1 is 1.33 bits per heavy atom. The second kappa shape index (κ2) is 3.86. The van der Waals surface area contributed by atoms with Crippen molar-refractivity contribution >= 4 is 32.5 Å². The second-order valence-electron chi connectivity index (χ2n) is 3.76. The molecule has 0 fully saturated rings. The first-order valence-electron chi connectivity index (χ1n) is 5.28. The van der Waals surface area contributed by atoms with Crippen molar-refractivity contribution in [2.75, 3.05) is 7.11 Å². The molecule has 0 aliphatic heterocycles. The maximum absolute atomic E-state index is 12.3. The number of para-hydroxylation sites is 1. The zero-order chi connectivity index (χ0) is 12.7. The number of pyridine rings is 1. The van der Waals surface area contributed by atoms with Gasteiger partial charge in [0.15, 0.2) is 5.43 Å². The fourth-order valence-corrected chi connectivity index (χ4v) is 2.98. The highest BCUT2D eigenvalue weighted by atomic mass is 32.1. The van der Waals surface area contributed by atoms with E-state index >= 15 is 0 Å². The molecule has 0 unspecified atom stereocenters. The van der Waals surface area contributed by atoms with Gasteiger partial charge in [-0.1, -0.05) is 12.1 Å². The van der Waals surface area contributed by atoms with Gasteiger partial charge in [0.05, 0.1) is 10.9 Å². The lowest BCUT2D eigenvalue weighted by Crippen LogP contribution is -2.13. The van der Waals surface area contributed by atoms with Crippen molar-refractivity contribution in [2.24, 2.45) is 0 Å². The fourth-order valence-electron chi connectivity index (χ4n) is 2.03. The zero-order valence-electron chi connectivity index (χ0n) is 9.51. The highest BCUT2D eigenvalue weighted by Crippen LogP contribution is 2.25. The summed E-state index contributed by atoms with van der Waals surface area (Å²) in [5.41, 5.74) is 0.649. The van der Waals surface area contributed by atoms with Gasteiger partial charge in [0, 0.05) is 5.39 Å². The molecule has 5 heteroatoms. The number of hydrogen-bond donors (Lipinski definition) is 0. The van der Waals surface area contributed by atoms with Gasteiger partial charge in [0.25, 0.3) is 0 Å². The third-order valence-corrected chi connectivity index (χ3v) is 3.81. The van der Waals surface area contributed by atoms with Gasteiger partial charge in [-0.2, -0.15) is 9.99 Å². The average Bonchev–Trinajstić information content (AvgIpc) is 2.84. The lowest BCUT2D eigenvalue weighted by molar-refractivity contribution is 0.190. The Kier molecular flexibility index (Phi) is 2.32. The van der Waals surface area contributed by atoms with Crippen LogP contribution in [-0.2, 0) is 0 Å². The Hall–Kier alpha value is -2.32. The van der Waals surface area contributed by atoms with E-state index in [2.05, 4.69) is 6.07 Å². The van der Waals surface area contributed by atoms with Gasteiger partial charge in [-0.25, -0.2) is 0 Å².